The Labute approximate surface area is 116 Å². The van der Waals surface area contributed by atoms with Crippen molar-refractivity contribution in [3.8, 4) is 0 Å². The Morgan fingerprint density at radius 3 is 2.47 bits per heavy atom. The van der Waals surface area contributed by atoms with Gasteiger partial charge in [0.2, 0.25) is 0 Å². The zero-order chi connectivity index (χ0) is 14.2. The molecule has 2 aromatic rings. The number of nitrogens with two attached hydrogens (primary N) is 1. The van der Waals surface area contributed by atoms with Crippen LogP contribution in [0.3, 0.4) is 0 Å². The maximum absolute atomic E-state index is 12.2. The third-order valence-electron chi connectivity index (χ3n) is 2.72. The van der Waals surface area contributed by atoms with Gasteiger partial charge in [0.25, 0.3) is 10.0 Å². The molecule has 0 aliphatic carbocycles. The highest BCUT2D eigenvalue weighted by atomic mass is 32.2. The molecule has 2 rings (SSSR count). The number of nitrogens with zero attached hydrogens (tertiary/aromatic N) is 1. The van der Waals surface area contributed by atoms with E-state index in [4.69, 9.17) is 5.73 Å². The lowest BCUT2D eigenvalue weighted by Crippen LogP contribution is -2.13. The predicted octanol–water partition coefficient (Wildman–Crippen LogP) is 2.45. The van der Waals surface area contributed by atoms with Crippen LogP contribution in [0.2, 0.25) is 0 Å². The molecule has 0 atom stereocenters. The summed E-state index contributed by atoms with van der Waals surface area (Å²) in [5, 5.41) is 0.709. The standard InChI is InChI=1S/C12H15N3O2S2/c1-7-4-8(2)11(5-10(7)13)15-19(16,17)12-6-14-9(3)18-12/h4-6,15H,13H2,1-3H3. The van der Waals surface area contributed by atoms with Crippen LogP contribution in [0.1, 0.15) is 16.1 Å². The highest BCUT2D eigenvalue weighted by Gasteiger charge is 2.18. The highest BCUT2D eigenvalue weighted by molar-refractivity contribution is 7.94. The topological polar surface area (TPSA) is 85.1 Å². The molecule has 7 heteroatoms. The van der Waals surface area contributed by atoms with Crippen molar-refractivity contribution < 1.29 is 8.42 Å². The predicted molar refractivity (Wildman–Crippen MR) is 78.0 cm³/mol. The molecule has 0 bridgehead atoms. The Morgan fingerprint density at radius 2 is 1.89 bits per heavy atom. The summed E-state index contributed by atoms with van der Waals surface area (Å²) >= 11 is 1.13. The van der Waals surface area contributed by atoms with Gasteiger partial charge in [-0.15, -0.1) is 11.3 Å². The molecule has 1 heterocycles. The minimum Gasteiger partial charge on any atom is -0.398 e. The summed E-state index contributed by atoms with van der Waals surface area (Å²) in [6.07, 6.45) is 1.36. The number of nitrogens with one attached hydrogen (secondary N) is 1. The van der Waals surface area contributed by atoms with Gasteiger partial charge in [0.1, 0.15) is 0 Å². The van der Waals surface area contributed by atoms with Crippen LogP contribution in [-0.2, 0) is 10.0 Å². The summed E-state index contributed by atoms with van der Waals surface area (Å²) in [7, 11) is -3.59. The summed E-state index contributed by atoms with van der Waals surface area (Å²) in [4.78, 5) is 3.95. The largest absolute Gasteiger partial charge is 0.398 e. The van der Waals surface area contributed by atoms with E-state index in [2.05, 4.69) is 9.71 Å². The molecule has 0 amide bonds. The SMILES string of the molecule is Cc1ncc(S(=O)(=O)Nc2cc(N)c(C)cc2C)s1. The number of aryl methyl sites for hydroxylation is 3. The average molecular weight is 297 g/mol. The molecule has 0 spiro atoms. The van der Waals surface area contributed by atoms with Gasteiger partial charge in [-0.25, -0.2) is 13.4 Å². The van der Waals surface area contributed by atoms with Gasteiger partial charge in [-0.1, -0.05) is 6.07 Å². The van der Waals surface area contributed by atoms with Crippen LogP contribution < -0.4 is 10.5 Å². The minimum absolute atomic E-state index is 0.198. The van der Waals surface area contributed by atoms with Crippen molar-refractivity contribution in [1.82, 2.24) is 4.98 Å². The van der Waals surface area contributed by atoms with Gasteiger partial charge in [0.05, 0.1) is 16.9 Å². The number of aromatic nitrogens is 1. The summed E-state index contributed by atoms with van der Waals surface area (Å²) < 4.78 is 27.1. The monoisotopic (exact) mass is 297 g/mol. The molecule has 0 aliphatic rings. The number of nitrogen functional groups attached to an aromatic ring is 1. The van der Waals surface area contributed by atoms with E-state index in [-0.39, 0.29) is 4.21 Å². The maximum atomic E-state index is 12.2. The zero-order valence-electron chi connectivity index (χ0n) is 10.9. The van der Waals surface area contributed by atoms with E-state index < -0.39 is 10.0 Å². The third kappa shape index (κ3) is 2.87. The van der Waals surface area contributed by atoms with Crippen molar-refractivity contribution in [2.45, 2.75) is 25.0 Å². The fourth-order valence-electron chi connectivity index (χ4n) is 1.64. The molecule has 5 nitrogen and oxygen atoms in total. The first-order valence-corrected chi connectivity index (χ1v) is 7.91. The first kappa shape index (κ1) is 13.8. The molecular formula is C12H15N3O2S2. The average Bonchev–Trinajstić information content (AvgIpc) is 2.73. The van der Waals surface area contributed by atoms with Crippen LogP contribution in [0.5, 0.6) is 0 Å². The fourth-order valence-corrected chi connectivity index (χ4v) is 3.87. The van der Waals surface area contributed by atoms with Gasteiger partial charge in [0.15, 0.2) is 4.21 Å². The van der Waals surface area contributed by atoms with E-state index >= 15 is 0 Å². The lowest BCUT2D eigenvalue weighted by Gasteiger charge is -2.11. The van der Waals surface area contributed by atoms with Crippen molar-refractivity contribution in [2.24, 2.45) is 0 Å². The smallest absolute Gasteiger partial charge is 0.273 e. The summed E-state index contributed by atoms with van der Waals surface area (Å²) in [6, 6.07) is 3.49. The van der Waals surface area contributed by atoms with Crippen molar-refractivity contribution in [3.05, 3.63) is 34.5 Å². The quantitative estimate of drug-likeness (QED) is 0.852. The Bertz CT molecular complexity index is 721. The summed E-state index contributed by atoms with van der Waals surface area (Å²) in [5.74, 6) is 0. The van der Waals surface area contributed by atoms with Crippen LogP contribution in [0.25, 0.3) is 0 Å². The molecular weight excluding hydrogens is 282 g/mol. The van der Waals surface area contributed by atoms with Gasteiger partial charge >= 0.3 is 0 Å². The molecule has 1 aromatic heterocycles. The second kappa shape index (κ2) is 4.82. The number of hydrogen-bond acceptors (Lipinski definition) is 5. The first-order valence-electron chi connectivity index (χ1n) is 5.61. The molecule has 0 aliphatic heterocycles. The molecule has 0 saturated carbocycles. The molecule has 0 fully saturated rings. The van der Waals surface area contributed by atoms with Crippen LogP contribution in [0, 0.1) is 20.8 Å². The highest BCUT2D eigenvalue weighted by Crippen LogP contribution is 2.26. The minimum atomic E-state index is -3.59. The fraction of sp³-hybridized carbons (Fsp3) is 0.250. The van der Waals surface area contributed by atoms with Gasteiger partial charge < -0.3 is 5.73 Å². The van der Waals surface area contributed by atoms with E-state index in [1.165, 1.54) is 6.20 Å². The Kier molecular flexibility index (Phi) is 3.51. The van der Waals surface area contributed by atoms with Crippen LogP contribution in [-0.4, -0.2) is 13.4 Å². The van der Waals surface area contributed by atoms with E-state index in [1.807, 2.05) is 19.9 Å². The number of sulfonamides is 1. The van der Waals surface area contributed by atoms with E-state index in [9.17, 15) is 8.42 Å². The van der Waals surface area contributed by atoms with Gasteiger partial charge in [-0.2, -0.15) is 0 Å². The molecule has 19 heavy (non-hydrogen) atoms. The number of rotatable bonds is 3. The number of anilines is 2. The molecule has 3 N–H and O–H groups in total. The lowest BCUT2D eigenvalue weighted by atomic mass is 10.1. The normalized spacial score (nSPS) is 11.5. The van der Waals surface area contributed by atoms with E-state index in [1.54, 1.807) is 13.0 Å². The van der Waals surface area contributed by atoms with Gasteiger partial charge in [-0.05, 0) is 38.0 Å². The maximum Gasteiger partial charge on any atom is 0.273 e. The first-order chi connectivity index (χ1) is 8.79. The van der Waals surface area contributed by atoms with E-state index in [0.29, 0.717) is 16.4 Å². The molecule has 1 aromatic carbocycles. The Morgan fingerprint density at radius 1 is 1.21 bits per heavy atom. The summed E-state index contributed by atoms with van der Waals surface area (Å²) in [6.45, 7) is 5.48. The Hall–Kier alpha value is -1.60. The van der Waals surface area contributed by atoms with Gasteiger partial charge in [-0.3, -0.25) is 4.72 Å². The van der Waals surface area contributed by atoms with Crippen molar-refractivity contribution in [1.29, 1.82) is 0 Å². The van der Waals surface area contributed by atoms with Crippen molar-refractivity contribution in [3.63, 3.8) is 0 Å². The van der Waals surface area contributed by atoms with Crippen LogP contribution in [0.4, 0.5) is 11.4 Å². The molecule has 0 unspecified atom stereocenters. The van der Waals surface area contributed by atoms with Crippen molar-refractivity contribution in [2.75, 3.05) is 10.5 Å². The molecule has 0 saturated heterocycles. The summed E-state index contributed by atoms with van der Waals surface area (Å²) in [5.41, 5.74) is 8.62. The molecule has 0 radical (unpaired) electrons. The second-order valence-corrected chi connectivity index (χ2v) is 7.47. The zero-order valence-corrected chi connectivity index (χ0v) is 12.5. The lowest BCUT2D eigenvalue weighted by molar-refractivity contribution is 0.603. The van der Waals surface area contributed by atoms with Crippen LogP contribution in [0.15, 0.2) is 22.5 Å². The third-order valence-corrected chi connectivity index (χ3v) is 5.46. The van der Waals surface area contributed by atoms with Crippen molar-refractivity contribution >= 4 is 32.7 Å². The second-order valence-electron chi connectivity index (χ2n) is 4.33. The molecule has 102 valence electrons. The van der Waals surface area contributed by atoms with Gasteiger partial charge in [0, 0.05) is 5.69 Å². The van der Waals surface area contributed by atoms with E-state index in [0.717, 1.165) is 22.5 Å². The number of hydrogen-bond donors (Lipinski definition) is 2. The Balaban J connectivity index is 2.38. The number of thiazole rings is 1. The van der Waals surface area contributed by atoms with Crippen LogP contribution >= 0.6 is 11.3 Å². The number of benzene rings is 1.